The van der Waals surface area contributed by atoms with Gasteiger partial charge in [0.25, 0.3) is 11.6 Å². The van der Waals surface area contributed by atoms with Crippen molar-refractivity contribution in [2.45, 2.75) is 6.92 Å². The van der Waals surface area contributed by atoms with E-state index in [1.165, 1.54) is 23.9 Å². The van der Waals surface area contributed by atoms with Crippen molar-refractivity contribution in [3.63, 3.8) is 0 Å². The number of nitrogens with zero attached hydrogens (tertiary/aromatic N) is 2. The number of amidine groups is 1. The Morgan fingerprint density at radius 3 is 2.80 bits per heavy atom. The van der Waals surface area contributed by atoms with Gasteiger partial charge in [0.05, 0.1) is 15.5 Å². The highest BCUT2D eigenvalue weighted by Gasteiger charge is 2.24. The van der Waals surface area contributed by atoms with Crippen molar-refractivity contribution in [2.75, 3.05) is 0 Å². The molecular formula is C21H14BrN3O4S. The number of benzene rings is 2. The molecule has 0 saturated carbocycles. The zero-order valence-electron chi connectivity index (χ0n) is 15.6. The monoisotopic (exact) mass is 483 g/mol. The lowest BCUT2D eigenvalue weighted by Gasteiger charge is -2.02. The molecule has 7 nitrogen and oxygen atoms in total. The van der Waals surface area contributed by atoms with Crippen LogP contribution in [0.25, 0.3) is 17.4 Å². The number of nitro benzene ring substituents is 1. The Bertz CT molecular complexity index is 1230. The summed E-state index contributed by atoms with van der Waals surface area (Å²) in [6.45, 7) is 1.85. The largest absolute Gasteiger partial charge is 0.457 e. The lowest BCUT2D eigenvalue weighted by molar-refractivity contribution is -0.384. The molecule has 2 heterocycles. The van der Waals surface area contributed by atoms with E-state index >= 15 is 0 Å². The van der Waals surface area contributed by atoms with E-state index in [4.69, 9.17) is 4.42 Å². The number of non-ortho nitro benzene ring substituents is 1. The second-order valence-corrected chi connectivity index (χ2v) is 8.37. The number of nitrogens with one attached hydrogen (secondary N) is 1. The van der Waals surface area contributed by atoms with Gasteiger partial charge in [0.1, 0.15) is 11.5 Å². The molecule has 1 fully saturated rings. The lowest BCUT2D eigenvalue weighted by Crippen LogP contribution is -2.19. The predicted molar refractivity (Wildman–Crippen MR) is 120 cm³/mol. The van der Waals surface area contributed by atoms with E-state index in [-0.39, 0.29) is 11.6 Å². The summed E-state index contributed by atoms with van der Waals surface area (Å²) in [5.41, 5.74) is 2.20. The molecule has 0 spiro atoms. The summed E-state index contributed by atoms with van der Waals surface area (Å²) in [6.07, 6.45) is 1.62. The fourth-order valence-electron chi connectivity index (χ4n) is 2.84. The molecule has 150 valence electrons. The first-order valence-corrected chi connectivity index (χ1v) is 10.4. The highest BCUT2D eigenvalue weighted by Crippen LogP contribution is 2.32. The molecule has 1 aromatic heterocycles. The average Bonchev–Trinajstić information content (AvgIpc) is 3.29. The van der Waals surface area contributed by atoms with Gasteiger partial charge in [-0.15, -0.1) is 0 Å². The molecule has 1 N–H and O–H groups in total. The minimum atomic E-state index is -0.444. The second kappa shape index (κ2) is 8.29. The van der Waals surface area contributed by atoms with Crippen molar-refractivity contribution < 1.29 is 14.1 Å². The zero-order valence-corrected chi connectivity index (χ0v) is 18.0. The van der Waals surface area contributed by atoms with Crippen LogP contribution in [-0.4, -0.2) is 16.0 Å². The molecule has 1 aliphatic heterocycles. The second-order valence-electron chi connectivity index (χ2n) is 6.42. The maximum absolute atomic E-state index is 12.3. The summed E-state index contributed by atoms with van der Waals surface area (Å²) in [5.74, 6) is 0.699. The molecule has 0 aliphatic carbocycles. The number of furan rings is 1. The summed E-state index contributed by atoms with van der Waals surface area (Å²) in [4.78, 5) is 27.8. The third-order valence-electron chi connectivity index (χ3n) is 4.29. The van der Waals surface area contributed by atoms with Gasteiger partial charge in [-0.05, 0) is 54.6 Å². The van der Waals surface area contributed by atoms with E-state index in [0.29, 0.717) is 27.2 Å². The van der Waals surface area contributed by atoms with Crippen LogP contribution >= 0.6 is 27.7 Å². The summed E-state index contributed by atoms with van der Waals surface area (Å²) in [6, 6.07) is 15.5. The van der Waals surface area contributed by atoms with Crippen LogP contribution in [0.2, 0.25) is 0 Å². The third-order valence-corrected chi connectivity index (χ3v) is 5.69. The van der Waals surface area contributed by atoms with Crippen molar-refractivity contribution in [3.8, 4) is 11.3 Å². The van der Waals surface area contributed by atoms with Gasteiger partial charge in [-0.3, -0.25) is 14.9 Å². The van der Waals surface area contributed by atoms with E-state index in [2.05, 4.69) is 26.2 Å². The van der Waals surface area contributed by atoms with Gasteiger partial charge in [-0.25, -0.2) is 4.99 Å². The van der Waals surface area contributed by atoms with Crippen LogP contribution in [0, 0.1) is 17.0 Å². The molecule has 30 heavy (non-hydrogen) atoms. The number of hydrogen-bond acceptors (Lipinski definition) is 6. The fourth-order valence-corrected chi connectivity index (χ4v) is 4.05. The summed E-state index contributed by atoms with van der Waals surface area (Å²) in [5, 5.41) is 14.3. The quantitative estimate of drug-likeness (QED) is 0.286. The van der Waals surface area contributed by atoms with E-state index in [0.717, 1.165) is 15.7 Å². The smallest absolute Gasteiger partial charge is 0.270 e. The minimum Gasteiger partial charge on any atom is -0.457 e. The van der Waals surface area contributed by atoms with Gasteiger partial charge < -0.3 is 9.73 Å². The van der Waals surface area contributed by atoms with E-state index in [1.54, 1.807) is 24.3 Å². The van der Waals surface area contributed by atoms with Gasteiger partial charge in [0.15, 0.2) is 5.17 Å². The number of thioether (sulfide) groups is 1. The first-order valence-electron chi connectivity index (χ1n) is 8.79. The van der Waals surface area contributed by atoms with Crippen LogP contribution < -0.4 is 5.32 Å². The Balaban J connectivity index is 1.58. The Morgan fingerprint density at radius 2 is 2.03 bits per heavy atom. The number of carbonyl (C=O) groups excluding carboxylic acids is 1. The van der Waals surface area contributed by atoms with Gasteiger partial charge in [0.2, 0.25) is 0 Å². The van der Waals surface area contributed by atoms with Gasteiger partial charge in [-0.2, -0.15) is 0 Å². The number of nitro groups is 1. The molecule has 9 heteroatoms. The highest BCUT2D eigenvalue weighted by atomic mass is 79.9. The number of aryl methyl sites for hydroxylation is 1. The van der Waals surface area contributed by atoms with Crippen molar-refractivity contribution >= 4 is 56.2 Å². The van der Waals surface area contributed by atoms with Crippen molar-refractivity contribution in [1.29, 1.82) is 0 Å². The van der Waals surface area contributed by atoms with Crippen LogP contribution in [0.5, 0.6) is 0 Å². The molecule has 0 bridgehead atoms. The zero-order chi connectivity index (χ0) is 21.3. The first kappa shape index (κ1) is 20.1. The highest BCUT2D eigenvalue weighted by molar-refractivity contribution is 9.10. The summed E-state index contributed by atoms with van der Waals surface area (Å²) in [7, 11) is 0. The Morgan fingerprint density at radius 1 is 1.20 bits per heavy atom. The molecular weight excluding hydrogens is 470 g/mol. The molecule has 3 aromatic rings. The molecule has 1 saturated heterocycles. The van der Waals surface area contributed by atoms with Gasteiger partial charge in [0, 0.05) is 28.2 Å². The number of carbonyl (C=O) groups is 1. The van der Waals surface area contributed by atoms with Gasteiger partial charge >= 0.3 is 0 Å². The maximum Gasteiger partial charge on any atom is 0.270 e. The van der Waals surface area contributed by atoms with Crippen LogP contribution in [0.3, 0.4) is 0 Å². The van der Waals surface area contributed by atoms with Crippen molar-refractivity contribution in [2.24, 2.45) is 4.99 Å². The number of rotatable bonds is 4. The average molecular weight is 484 g/mol. The molecule has 1 amide bonds. The minimum absolute atomic E-state index is 0.00830. The fraction of sp³-hybridized carbons (Fsp3) is 0.0476. The Labute approximate surface area is 184 Å². The van der Waals surface area contributed by atoms with E-state index in [1.807, 2.05) is 31.2 Å². The standard InChI is InChI=1S/C21H14BrN3O4S/c1-12-5-6-15(25(27)28)10-17(12)18-8-7-16(29-18)11-19-20(26)24-21(30-19)23-14-4-2-3-13(22)9-14/h2-11H,1H3,(H,23,24,26)/b19-11-. The van der Waals surface area contributed by atoms with Crippen LogP contribution in [0.15, 0.2) is 73.4 Å². The van der Waals surface area contributed by atoms with Crippen LogP contribution in [0.4, 0.5) is 11.4 Å². The maximum atomic E-state index is 12.3. The normalized spacial score (nSPS) is 16.3. The van der Waals surface area contributed by atoms with E-state index < -0.39 is 4.92 Å². The number of halogens is 1. The summed E-state index contributed by atoms with van der Waals surface area (Å²) < 4.78 is 6.72. The Hall–Kier alpha value is -3.17. The molecule has 1 aliphatic rings. The lowest BCUT2D eigenvalue weighted by atomic mass is 10.1. The third kappa shape index (κ3) is 4.37. The predicted octanol–water partition coefficient (Wildman–Crippen LogP) is 5.82. The first-order chi connectivity index (χ1) is 14.4. The van der Waals surface area contributed by atoms with Crippen LogP contribution in [-0.2, 0) is 4.79 Å². The Kier molecular flexibility index (Phi) is 5.56. The number of aliphatic imine (C=N–C) groups is 1. The SMILES string of the molecule is Cc1ccc([N+](=O)[O-])cc1-c1ccc(/C=C2\SC(=Nc3cccc(Br)c3)NC2=O)o1. The van der Waals surface area contributed by atoms with Crippen LogP contribution in [0.1, 0.15) is 11.3 Å². The van der Waals surface area contributed by atoms with Crippen molar-refractivity contribution in [1.82, 2.24) is 5.32 Å². The number of amides is 1. The molecule has 0 unspecified atom stereocenters. The summed E-state index contributed by atoms with van der Waals surface area (Å²) >= 11 is 4.61. The molecule has 2 aromatic carbocycles. The van der Waals surface area contributed by atoms with Gasteiger partial charge in [-0.1, -0.05) is 28.1 Å². The molecule has 0 radical (unpaired) electrons. The molecule has 0 atom stereocenters. The number of hydrogen-bond donors (Lipinski definition) is 1. The molecule has 4 rings (SSSR count). The van der Waals surface area contributed by atoms with Crippen molar-refractivity contribution in [3.05, 3.63) is 85.4 Å². The van der Waals surface area contributed by atoms with E-state index in [9.17, 15) is 14.9 Å². The topological polar surface area (TPSA) is 97.7 Å².